The second-order valence-corrected chi connectivity index (χ2v) is 9.91. The van der Waals surface area contributed by atoms with E-state index >= 15 is 8.78 Å². The summed E-state index contributed by atoms with van der Waals surface area (Å²) in [7, 11) is 3.90. The maximum atomic E-state index is 15.1. The molecule has 13 heteroatoms. The van der Waals surface area contributed by atoms with Crippen molar-refractivity contribution in [3.05, 3.63) is 72.1 Å². The Labute approximate surface area is 245 Å². The molecule has 0 spiro atoms. The SMILES string of the molecule is C=CC(=O)Nc1cc(OCC2(N)CC2)ccc1Nc1cc2c(NC)c(C(=O)c3c(F)c(OC)cc(OC)c3F)oc2cn1. The van der Waals surface area contributed by atoms with Gasteiger partial charge in [-0.2, -0.15) is 0 Å². The van der Waals surface area contributed by atoms with E-state index in [9.17, 15) is 9.59 Å². The highest BCUT2D eigenvalue weighted by Crippen LogP contribution is 2.39. The van der Waals surface area contributed by atoms with Crippen molar-refractivity contribution in [1.29, 1.82) is 0 Å². The number of rotatable bonds is 12. The first kappa shape index (κ1) is 29.3. The van der Waals surface area contributed by atoms with E-state index in [0.717, 1.165) is 25.0 Å². The number of carbonyl (C=O) groups is 2. The fourth-order valence-electron chi connectivity index (χ4n) is 4.36. The number of anilines is 4. The largest absolute Gasteiger partial charge is 0.494 e. The summed E-state index contributed by atoms with van der Waals surface area (Å²) in [6.45, 7) is 3.84. The number of nitrogens with zero attached hydrogens (tertiary/aromatic N) is 1. The molecular weight excluding hydrogens is 564 g/mol. The minimum Gasteiger partial charge on any atom is -0.494 e. The number of amides is 1. The number of nitrogens with two attached hydrogens (primary N) is 1. The van der Waals surface area contributed by atoms with E-state index in [2.05, 4.69) is 27.5 Å². The lowest BCUT2D eigenvalue weighted by Gasteiger charge is -2.16. The summed E-state index contributed by atoms with van der Waals surface area (Å²) in [6, 6.07) is 7.64. The van der Waals surface area contributed by atoms with Gasteiger partial charge in [0.25, 0.3) is 0 Å². The number of ether oxygens (including phenoxy) is 3. The number of ketones is 1. The van der Waals surface area contributed by atoms with E-state index in [0.29, 0.717) is 34.9 Å². The van der Waals surface area contributed by atoms with Gasteiger partial charge in [0.2, 0.25) is 11.7 Å². The van der Waals surface area contributed by atoms with Gasteiger partial charge in [-0.15, -0.1) is 0 Å². The van der Waals surface area contributed by atoms with Crippen molar-refractivity contribution in [2.24, 2.45) is 5.73 Å². The van der Waals surface area contributed by atoms with Crippen molar-refractivity contribution in [2.45, 2.75) is 18.4 Å². The van der Waals surface area contributed by atoms with Gasteiger partial charge in [0.05, 0.1) is 43.0 Å². The highest BCUT2D eigenvalue weighted by molar-refractivity contribution is 6.15. The van der Waals surface area contributed by atoms with Crippen molar-refractivity contribution in [3.8, 4) is 17.2 Å². The fourth-order valence-corrected chi connectivity index (χ4v) is 4.36. The molecule has 0 unspecified atom stereocenters. The number of hydrogen-bond acceptors (Lipinski definition) is 10. The van der Waals surface area contributed by atoms with Gasteiger partial charge in [-0.1, -0.05) is 6.58 Å². The summed E-state index contributed by atoms with van der Waals surface area (Å²) < 4.78 is 51.6. The second kappa shape index (κ2) is 11.6. The van der Waals surface area contributed by atoms with Crippen LogP contribution in [0.3, 0.4) is 0 Å². The molecule has 0 bridgehead atoms. The Kier molecular flexibility index (Phi) is 7.91. The third-order valence-electron chi connectivity index (χ3n) is 6.95. The lowest BCUT2D eigenvalue weighted by molar-refractivity contribution is -0.111. The maximum Gasteiger partial charge on any atom is 0.247 e. The van der Waals surface area contributed by atoms with E-state index in [1.54, 1.807) is 24.3 Å². The molecule has 0 aliphatic heterocycles. The summed E-state index contributed by atoms with van der Waals surface area (Å²) in [6.07, 6.45) is 4.25. The topological polar surface area (TPSA) is 150 Å². The minimum absolute atomic E-state index is 0.172. The number of fused-ring (bicyclic) bond motifs is 1. The van der Waals surface area contributed by atoms with Crippen LogP contribution in [0, 0.1) is 11.6 Å². The molecule has 1 aliphatic rings. The molecule has 2 aromatic heterocycles. The first-order chi connectivity index (χ1) is 20.6. The standard InChI is InChI=1S/C30H29F2N5O6/c1-5-23(38)37-18-10-15(42-14-30(33)8-9-30)6-7-17(18)36-22-11-16-21(13-35-22)43-29(27(16)34-2)28(39)24-25(31)19(40-3)12-20(41-4)26(24)32/h5-7,10-13,34H,1,8-9,14,33H2,2-4H3,(H,35,36)(H,37,38). The zero-order chi connectivity index (χ0) is 30.9. The molecule has 1 aliphatic carbocycles. The molecule has 1 saturated carbocycles. The van der Waals surface area contributed by atoms with Crippen LogP contribution in [0.25, 0.3) is 11.0 Å². The highest BCUT2D eigenvalue weighted by atomic mass is 19.1. The van der Waals surface area contributed by atoms with Gasteiger partial charge in [-0.05, 0) is 37.1 Å². The van der Waals surface area contributed by atoms with Gasteiger partial charge >= 0.3 is 0 Å². The Bertz CT molecular complexity index is 1720. The van der Waals surface area contributed by atoms with Crippen LogP contribution in [0.4, 0.5) is 31.7 Å². The van der Waals surface area contributed by atoms with Crippen molar-refractivity contribution < 1.29 is 37.0 Å². The smallest absolute Gasteiger partial charge is 0.247 e. The van der Waals surface area contributed by atoms with Crippen molar-refractivity contribution in [1.82, 2.24) is 4.98 Å². The predicted molar refractivity (Wildman–Crippen MR) is 157 cm³/mol. The van der Waals surface area contributed by atoms with E-state index in [-0.39, 0.29) is 34.1 Å². The van der Waals surface area contributed by atoms with Gasteiger partial charge < -0.3 is 40.3 Å². The number of pyridine rings is 1. The van der Waals surface area contributed by atoms with Gasteiger partial charge in [0, 0.05) is 24.6 Å². The third-order valence-corrected chi connectivity index (χ3v) is 6.95. The third kappa shape index (κ3) is 5.79. The zero-order valence-electron chi connectivity index (χ0n) is 23.6. The molecule has 4 aromatic rings. The molecule has 0 atom stereocenters. The van der Waals surface area contributed by atoms with Crippen molar-refractivity contribution >= 4 is 45.5 Å². The molecule has 0 saturated heterocycles. The molecule has 1 fully saturated rings. The van der Waals surface area contributed by atoms with Crippen molar-refractivity contribution in [3.63, 3.8) is 0 Å². The van der Waals surface area contributed by atoms with Gasteiger partial charge in [0.1, 0.15) is 23.7 Å². The summed E-state index contributed by atoms with van der Waals surface area (Å²) in [5.74, 6) is -4.19. The number of aromatic nitrogens is 1. The minimum atomic E-state index is -1.20. The van der Waals surface area contributed by atoms with Crippen LogP contribution < -0.4 is 35.9 Å². The normalized spacial score (nSPS) is 13.3. The van der Waals surface area contributed by atoms with E-state index in [1.807, 2.05) is 0 Å². The van der Waals surface area contributed by atoms with Crippen LogP contribution in [0.2, 0.25) is 0 Å². The number of hydrogen-bond donors (Lipinski definition) is 4. The maximum absolute atomic E-state index is 15.1. The first-order valence-corrected chi connectivity index (χ1v) is 13.1. The molecule has 2 heterocycles. The first-order valence-electron chi connectivity index (χ1n) is 13.1. The van der Waals surface area contributed by atoms with Crippen LogP contribution in [-0.4, -0.2) is 50.1 Å². The van der Waals surface area contributed by atoms with Crippen molar-refractivity contribution in [2.75, 3.05) is 43.8 Å². The Balaban J connectivity index is 1.50. The fraction of sp³-hybridized carbons (Fsp3) is 0.233. The monoisotopic (exact) mass is 593 g/mol. The number of halogens is 2. The van der Waals surface area contributed by atoms with E-state index < -0.39 is 28.9 Å². The molecular formula is C30H29F2N5O6. The summed E-state index contributed by atoms with van der Waals surface area (Å²) >= 11 is 0. The average molecular weight is 594 g/mol. The molecule has 1 amide bonds. The Hall–Kier alpha value is -5.17. The molecule has 0 radical (unpaired) electrons. The number of carbonyl (C=O) groups excluding carboxylic acids is 2. The van der Waals surface area contributed by atoms with Crippen LogP contribution in [0.15, 0.2) is 53.6 Å². The Morgan fingerprint density at radius 2 is 1.81 bits per heavy atom. The van der Waals surface area contributed by atoms with Gasteiger partial charge in [0.15, 0.2) is 34.5 Å². The molecule has 43 heavy (non-hydrogen) atoms. The lowest BCUT2D eigenvalue weighted by Crippen LogP contribution is -2.29. The summed E-state index contributed by atoms with van der Waals surface area (Å²) in [5.41, 5.74) is 6.10. The number of benzene rings is 2. The lowest BCUT2D eigenvalue weighted by atomic mass is 10.0. The zero-order valence-corrected chi connectivity index (χ0v) is 23.6. The number of nitrogens with one attached hydrogen (secondary N) is 3. The number of methoxy groups -OCH3 is 2. The molecule has 2 aromatic carbocycles. The molecule has 11 nitrogen and oxygen atoms in total. The number of furan rings is 1. The highest BCUT2D eigenvalue weighted by Gasteiger charge is 2.39. The van der Waals surface area contributed by atoms with Crippen LogP contribution in [0.1, 0.15) is 29.0 Å². The molecule has 224 valence electrons. The Morgan fingerprint density at radius 1 is 1.12 bits per heavy atom. The average Bonchev–Trinajstić information content (AvgIpc) is 3.63. The van der Waals surface area contributed by atoms with Crippen LogP contribution in [0.5, 0.6) is 17.2 Å². The van der Waals surface area contributed by atoms with E-state index in [1.165, 1.54) is 27.5 Å². The van der Waals surface area contributed by atoms with Gasteiger partial charge in [-0.3, -0.25) is 9.59 Å². The predicted octanol–water partition coefficient (Wildman–Crippen LogP) is 5.13. The summed E-state index contributed by atoms with van der Waals surface area (Å²) in [5, 5.41) is 9.13. The van der Waals surface area contributed by atoms with Crippen LogP contribution in [-0.2, 0) is 4.79 Å². The van der Waals surface area contributed by atoms with E-state index in [4.69, 9.17) is 24.4 Å². The second-order valence-electron chi connectivity index (χ2n) is 9.91. The Morgan fingerprint density at radius 3 is 2.42 bits per heavy atom. The summed E-state index contributed by atoms with van der Waals surface area (Å²) in [4.78, 5) is 29.9. The quantitative estimate of drug-likeness (QED) is 0.129. The molecule has 5 N–H and O–H groups in total. The van der Waals surface area contributed by atoms with Crippen LogP contribution >= 0.6 is 0 Å². The van der Waals surface area contributed by atoms with Gasteiger partial charge in [-0.25, -0.2) is 13.8 Å². The molecule has 5 rings (SSSR count).